The number of aliphatic imine (C=N–C) groups is 1. The van der Waals surface area contributed by atoms with Gasteiger partial charge in [-0.15, -0.1) is 0 Å². The number of rotatable bonds is 0. The van der Waals surface area contributed by atoms with Gasteiger partial charge in [0.1, 0.15) is 5.54 Å². The van der Waals surface area contributed by atoms with E-state index in [1.807, 2.05) is 0 Å². The van der Waals surface area contributed by atoms with Gasteiger partial charge in [-0.2, -0.15) is 0 Å². The first-order valence-electron chi connectivity index (χ1n) is 6.31. The fourth-order valence-electron chi connectivity index (χ4n) is 3.70. The molecule has 0 aromatic rings. The summed E-state index contributed by atoms with van der Waals surface area (Å²) in [5.74, 6) is 0.338. The van der Waals surface area contributed by atoms with Gasteiger partial charge in [0.15, 0.2) is 5.96 Å². The van der Waals surface area contributed by atoms with Gasteiger partial charge in [0.25, 0.3) is 5.91 Å². The quantitative estimate of drug-likeness (QED) is 0.647. The molecule has 2 fully saturated rings. The van der Waals surface area contributed by atoms with Crippen LogP contribution in [0.2, 0.25) is 0 Å². The average Bonchev–Trinajstić information content (AvgIpc) is 2.80. The van der Waals surface area contributed by atoms with Crippen molar-refractivity contribution < 1.29 is 4.79 Å². The summed E-state index contributed by atoms with van der Waals surface area (Å²) < 4.78 is 0. The summed E-state index contributed by atoms with van der Waals surface area (Å²) in [6, 6.07) is 0. The topological polar surface area (TPSA) is 67.5 Å². The second kappa shape index (κ2) is 3.22. The lowest BCUT2D eigenvalue weighted by molar-refractivity contribution is -0.125. The third-order valence-electron chi connectivity index (χ3n) is 4.80. The first kappa shape index (κ1) is 10.1. The van der Waals surface area contributed by atoms with Crippen molar-refractivity contribution >= 4 is 11.9 Å². The van der Waals surface area contributed by atoms with Gasteiger partial charge in [0.05, 0.1) is 0 Å². The lowest BCUT2D eigenvalue weighted by Gasteiger charge is -2.40. The van der Waals surface area contributed by atoms with Gasteiger partial charge in [0, 0.05) is 0 Å². The van der Waals surface area contributed by atoms with Gasteiger partial charge in [-0.3, -0.25) is 10.1 Å². The lowest BCUT2D eigenvalue weighted by atomic mass is 9.66. The molecular weight excluding hydrogens is 202 g/mol. The number of nitrogens with two attached hydrogens (primary N) is 1. The normalized spacial score (nSPS) is 30.8. The molecule has 3 aliphatic rings. The number of guanidine groups is 1. The molecule has 0 bridgehead atoms. The van der Waals surface area contributed by atoms with E-state index in [0.29, 0.717) is 11.4 Å². The third-order valence-corrected chi connectivity index (χ3v) is 4.80. The Morgan fingerprint density at radius 3 is 2.19 bits per heavy atom. The van der Waals surface area contributed by atoms with E-state index in [9.17, 15) is 4.79 Å². The van der Waals surface area contributed by atoms with E-state index in [1.165, 1.54) is 25.7 Å². The van der Waals surface area contributed by atoms with E-state index >= 15 is 0 Å². The zero-order chi connectivity index (χ0) is 11.2. The fourth-order valence-corrected chi connectivity index (χ4v) is 3.70. The summed E-state index contributed by atoms with van der Waals surface area (Å²) in [5, 5.41) is 2.65. The molecule has 4 heteroatoms. The van der Waals surface area contributed by atoms with Gasteiger partial charge in [-0.05, 0) is 43.9 Å². The molecule has 1 amide bonds. The maximum Gasteiger partial charge on any atom is 0.254 e. The molecule has 88 valence electrons. The second-order valence-corrected chi connectivity index (χ2v) is 5.69. The molecule has 0 unspecified atom stereocenters. The number of hydrogen-bond acceptors (Lipinski definition) is 3. The molecule has 4 nitrogen and oxygen atoms in total. The highest BCUT2D eigenvalue weighted by Crippen LogP contribution is 2.52. The van der Waals surface area contributed by atoms with Gasteiger partial charge >= 0.3 is 0 Å². The Balaban J connectivity index is 1.77. The summed E-state index contributed by atoms with van der Waals surface area (Å²) in [4.78, 5) is 16.2. The first-order chi connectivity index (χ1) is 7.64. The van der Waals surface area contributed by atoms with Crippen LogP contribution in [0.15, 0.2) is 4.99 Å². The SMILES string of the molecule is NC1=NC2(CCC3(CCCC3)CC2)C(=O)N1. The average molecular weight is 221 g/mol. The Kier molecular flexibility index (Phi) is 2.03. The standard InChI is InChI=1S/C12H19N3O/c13-10-14-9(16)12(15-10)7-5-11(6-8-12)3-1-2-4-11/h1-8H2,(H3,13,14,15,16). The van der Waals surface area contributed by atoms with E-state index in [2.05, 4.69) is 10.3 Å². The Hall–Kier alpha value is -1.06. The largest absolute Gasteiger partial charge is 0.370 e. The smallest absolute Gasteiger partial charge is 0.254 e. The summed E-state index contributed by atoms with van der Waals surface area (Å²) in [5.41, 5.74) is 5.63. The van der Waals surface area contributed by atoms with Crippen molar-refractivity contribution in [3.8, 4) is 0 Å². The molecule has 2 spiro atoms. The molecule has 16 heavy (non-hydrogen) atoms. The van der Waals surface area contributed by atoms with Crippen molar-refractivity contribution in [2.24, 2.45) is 16.1 Å². The van der Waals surface area contributed by atoms with Crippen molar-refractivity contribution in [2.75, 3.05) is 0 Å². The van der Waals surface area contributed by atoms with Crippen LogP contribution in [-0.4, -0.2) is 17.4 Å². The van der Waals surface area contributed by atoms with Crippen LogP contribution in [0.1, 0.15) is 51.4 Å². The highest BCUT2D eigenvalue weighted by molar-refractivity contribution is 6.06. The highest BCUT2D eigenvalue weighted by atomic mass is 16.2. The molecular formula is C12H19N3O. The Bertz CT molecular complexity index is 345. The van der Waals surface area contributed by atoms with Gasteiger partial charge in [-0.1, -0.05) is 12.8 Å². The Morgan fingerprint density at radius 1 is 1.06 bits per heavy atom. The van der Waals surface area contributed by atoms with Crippen LogP contribution in [0.5, 0.6) is 0 Å². The molecule has 1 aliphatic heterocycles. The zero-order valence-electron chi connectivity index (χ0n) is 9.59. The van der Waals surface area contributed by atoms with Gasteiger partial charge < -0.3 is 5.73 Å². The predicted molar refractivity (Wildman–Crippen MR) is 61.9 cm³/mol. The van der Waals surface area contributed by atoms with Crippen LogP contribution in [-0.2, 0) is 4.79 Å². The summed E-state index contributed by atoms with van der Waals surface area (Å²) in [6.07, 6.45) is 9.51. The molecule has 2 aliphatic carbocycles. The van der Waals surface area contributed by atoms with Crippen molar-refractivity contribution in [3.63, 3.8) is 0 Å². The molecule has 2 saturated carbocycles. The van der Waals surface area contributed by atoms with Gasteiger partial charge in [0.2, 0.25) is 0 Å². The molecule has 3 N–H and O–H groups in total. The van der Waals surface area contributed by atoms with E-state index < -0.39 is 5.54 Å². The lowest BCUT2D eigenvalue weighted by Crippen LogP contribution is -2.45. The Morgan fingerprint density at radius 2 is 1.69 bits per heavy atom. The van der Waals surface area contributed by atoms with E-state index in [4.69, 9.17) is 5.73 Å². The monoisotopic (exact) mass is 221 g/mol. The van der Waals surface area contributed by atoms with Crippen LogP contribution in [0.25, 0.3) is 0 Å². The van der Waals surface area contributed by atoms with Crippen molar-refractivity contribution in [2.45, 2.75) is 56.9 Å². The third kappa shape index (κ3) is 1.35. The highest BCUT2D eigenvalue weighted by Gasteiger charge is 2.50. The molecule has 0 saturated heterocycles. The van der Waals surface area contributed by atoms with Gasteiger partial charge in [-0.25, -0.2) is 4.99 Å². The zero-order valence-corrected chi connectivity index (χ0v) is 9.59. The Labute approximate surface area is 95.7 Å². The molecule has 0 aromatic carbocycles. The summed E-state index contributed by atoms with van der Waals surface area (Å²) in [6.45, 7) is 0. The van der Waals surface area contributed by atoms with Crippen LogP contribution in [0, 0.1) is 5.41 Å². The van der Waals surface area contributed by atoms with Crippen molar-refractivity contribution in [3.05, 3.63) is 0 Å². The number of hydrogen-bond donors (Lipinski definition) is 2. The van der Waals surface area contributed by atoms with Crippen LogP contribution in [0.3, 0.4) is 0 Å². The number of nitrogens with one attached hydrogen (secondary N) is 1. The first-order valence-corrected chi connectivity index (χ1v) is 6.31. The van der Waals surface area contributed by atoms with Crippen molar-refractivity contribution in [1.82, 2.24) is 5.32 Å². The molecule has 0 radical (unpaired) electrons. The van der Waals surface area contributed by atoms with E-state index in [0.717, 1.165) is 25.7 Å². The minimum absolute atomic E-state index is 0.0258. The molecule has 1 heterocycles. The number of amides is 1. The number of nitrogens with zero attached hydrogens (tertiary/aromatic N) is 1. The van der Waals surface area contributed by atoms with Crippen LogP contribution < -0.4 is 11.1 Å². The number of carbonyl (C=O) groups is 1. The minimum Gasteiger partial charge on any atom is -0.370 e. The maximum atomic E-state index is 11.9. The molecule has 3 rings (SSSR count). The summed E-state index contributed by atoms with van der Waals surface area (Å²) in [7, 11) is 0. The van der Waals surface area contributed by atoms with E-state index in [-0.39, 0.29) is 5.91 Å². The summed E-state index contributed by atoms with van der Waals surface area (Å²) >= 11 is 0. The second-order valence-electron chi connectivity index (χ2n) is 5.69. The van der Waals surface area contributed by atoms with Crippen LogP contribution >= 0.6 is 0 Å². The van der Waals surface area contributed by atoms with Crippen molar-refractivity contribution in [1.29, 1.82) is 0 Å². The maximum absolute atomic E-state index is 11.9. The number of carbonyl (C=O) groups excluding carboxylic acids is 1. The predicted octanol–water partition coefficient (Wildman–Crippen LogP) is 1.30. The molecule has 0 aromatic heterocycles. The van der Waals surface area contributed by atoms with Crippen LogP contribution in [0.4, 0.5) is 0 Å². The van der Waals surface area contributed by atoms with E-state index in [1.54, 1.807) is 0 Å². The fraction of sp³-hybridized carbons (Fsp3) is 0.833. The minimum atomic E-state index is -0.502. The molecule has 0 atom stereocenters.